The Morgan fingerprint density at radius 1 is 1.29 bits per heavy atom. The molecule has 0 amide bonds. The first-order chi connectivity index (χ1) is 9.99. The fraction of sp³-hybridized carbons (Fsp3) is 0.647. The van der Waals surface area contributed by atoms with E-state index in [0.29, 0.717) is 24.5 Å². The van der Waals surface area contributed by atoms with E-state index in [-0.39, 0.29) is 12.1 Å². The number of halogens is 1. The maximum absolute atomic E-state index is 6.01. The van der Waals surface area contributed by atoms with Crippen molar-refractivity contribution in [3.63, 3.8) is 0 Å². The smallest absolute Gasteiger partial charge is 0.133 e. The lowest BCUT2D eigenvalue weighted by atomic mass is 9.80. The summed E-state index contributed by atoms with van der Waals surface area (Å²) in [6, 6.07) is 6.64. The van der Waals surface area contributed by atoms with Crippen LogP contribution in [-0.2, 0) is 4.74 Å². The minimum Gasteiger partial charge on any atom is -0.493 e. The zero-order valence-electron chi connectivity index (χ0n) is 13.5. The number of ether oxygens (including phenoxy) is 2. The van der Waals surface area contributed by atoms with Crippen molar-refractivity contribution in [2.75, 3.05) is 13.7 Å². The first-order valence-electron chi connectivity index (χ1n) is 7.74. The van der Waals surface area contributed by atoms with Crippen LogP contribution in [0.3, 0.4) is 0 Å². The van der Waals surface area contributed by atoms with Gasteiger partial charge in [0.25, 0.3) is 0 Å². The molecule has 0 saturated carbocycles. The van der Waals surface area contributed by atoms with Gasteiger partial charge in [0.05, 0.1) is 23.3 Å². The molecule has 1 aromatic rings. The first-order valence-corrected chi connectivity index (χ1v) is 8.53. The molecule has 4 heteroatoms. The third-order valence-corrected chi connectivity index (χ3v) is 5.25. The molecule has 1 aromatic carbocycles. The average molecular weight is 356 g/mol. The lowest BCUT2D eigenvalue weighted by molar-refractivity contribution is 0.0478. The Balaban J connectivity index is 2.27. The van der Waals surface area contributed by atoms with Gasteiger partial charge in [-0.25, -0.2) is 0 Å². The summed E-state index contributed by atoms with van der Waals surface area (Å²) in [5.41, 5.74) is 1.27. The van der Waals surface area contributed by atoms with E-state index in [1.54, 1.807) is 0 Å². The highest BCUT2D eigenvalue weighted by atomic mass is 79.9. The van der Waals surface area contributed by atoms with E-state index in [0.717, 1.165) is 10.2 Å². The van der Waals surface area contributed by atoms with Crippen molar-refractivity contribution in [2.24, 2.45) is 11.8 Å². The van der Waals surface area contributed by atoms with Crippen LogP contribution in [0.15, 0.2) is 22.7 Å². The largest absolute Gasteiger partial charge is 0.493 e. The number of rotatable bonds is 5. The molecule has 1 aliphatic rings. The lowest BCUT2D eigenvalue weighted by Gasteiger charge is -2.29. The monoisotopic (exact) mass is 355 g/mol. The normalized spacial score (nSPS) is 30.4. The summed E-state index contributed by atoms with van der Waals surface area (Å²) in [6.45, 7) is 9.31. The van der Waals surface area contributed by atoms with Crippen molar-refractivity contribution in [1.82, 2.24) is 5.32 Å². The van der Waals surface area contributed by atoms with Gasteiger partial charge in [-0.3, -0.25) is 0 Å². The van der Waals surface area contributed by atoms with Gasteiger partial charge in [0.15, 0.2) is 0 Å². The van der Waals surface area contributed by atoms with Crippen LogP contribution in [-0.4, -0.2) is 25.9 Å². The average Bonchev–Trinajstić information content (AvgIpc) is 2.69. The Hall–Kier alpha value is -0.580. The minimum atomic E-state index is 0.262. The van der Waals surface area contributed by atoms with Crippen molar-refractivity contribution < 1.29 is 9.47 Å². The first kappa shape index (κ1) is 16.8. The Morgan fingerprint density at radius 3 is 2.48 bits per heavy atom. The van der Waals surface area contributed by atoms with Gasteiger partial charge in [-0.05, 0) is 67.4 Å². The van der Waals surface area contributed by atoms with Crippen molar-refractivity contribution in [2.45, 2.75) is 45.9 Å². The highest BCUT2D eigenvalue weighted by molar-refractivity contribution is 9.10. The van der Waals surface area contributed by atoms with Crippen LogP contribution >= 0.6 is 15.9 Å². The van der Waals surface area contributed by atoms with Gasteiger partial charge in [-0.2, -0.15) is 0 Å². The summed E-state index contributed by atoms with van der Waals surface area (Å²) in [6.07, 6.45) is 0.574. The van der Waals surface area contributed by atoms with Crippen LogP contribution < -0.4 is 10.1 Å². The fourth-order valence-corrected chi connectivity index (χ4v) is 3.94. The maximum Gasteiger partial charge on any atom is 0.133 e. The minimum absolute atomic E-state index is 0.262. The van der Waals surface area contributed by atoms with Gasteiger partial charge >= 0.3 is 0 Å². The van der Waals surface area contributed by atoms with E-state index < -0.39 is 0 Å². The second kappa shape index (κ2) is 7.12. The number of nitrogens with one attached hydrogen (secondary N) is 1. The molecule has 3 nitrogen and oxygen atoms in total. The Kier molecular flexibility index (Phi) is 5.69. The number of hydrogen-bond donors (Lipinski definition) is 1. The van der Waals surface area contributed by atoms with E-state index in [4.69, 9.17) is 9.47 Å². The molecule has 1 heterocycles. The predicted octanol–water partition coefficient (Wildman–Crippen LogP) is 4.17. The van der Waals surface area contributed by atoms with Crippen LogP contribution in [0.4, 0.5) is 0 Å². The van der Waals surface area contributed by atoms with Crippen LogP contribution in [0.5, 0.6) is 5.75 Å². The van der Waals surface area contributed by atoms with Crippen molar-refractivity contribution >= 4 is 15.9 Å². The van der Waals surface area contributed by atoms with Gasteiger partial charge in [0, 0.05) is 12.0 Å². The summed E-state index contributed by atoms with van der Waals surface area (Å²) >= 11 is 3.61. The summed E-state index contributed by atoms with van der Waals surface area (Å²) in [5.74, 6) is 1.89. The standard InChI is InChI=1S/C17H26BrNO2/c1-6-20-15-8-7-13(9-14(15)18)17(19-5)16-10(2)11(3)21-12(16)4/h7-12,16-17,19H,6H2,1-5H3. The van der Waals surface area contributed by atoms with Gasteiger partial charge in [-0.1, -0.05) is 13.0 Å². The molecule has 0 aromatic heterocycles. The summed E-state index contributed by atoms with van der Waals surface area (Å²) in [5, 5.41) is 3.48. The van der Waals surface area contributed by atoms with Crippen LogP contribution in [0, 0.1) is 11.8 Å². The van der Waals surface area contributed by atoms with Gasteiger partial charge in [0.1, 0.15) is 5.75 Å². The van der Waals surface area contributed by atoms with E-state index in [2.05, 4.69) is 54.2 Å². The molecular formula is C17H26BrNO2. The molecule has 2 rings (SSSR count). The van der Waals surface area contributed by atoms with Crippen molar-refractivity contribution in [1.29, 1.82) is 0 Å². The fourth-order valence-electron chi connectivity index (χ4n) is 3.43. The second-order valence-corrected chi connectivity index (χ2v) is 6.73. The highest BCUT2D eigenvalue weighted by Crippen LogP contribution is 2.41. The molecular weight excluding hydrogens is 330 g/mol. The molecule has 0 radical (unpaired) electrons. The third kappa shape index (κ3) is 3.43. The van der Waals surface area contributed by atoms with Crippen LogP contribution in [0.1, 0.15) is 39.3 Å². The van der Waals surface area contributed by atoms with Crippen LogP contribution in [0.25, 0.3) is 0 Å². The molecule has 0 bridgehead atoms. The second-order valence-electron chi connectivity index (χ2n) is 5.87. The van der Waals surface area contributed by atoms with Crippen molar-refractivity contribution in [3.8, 4) is 5.75 Å². The summed E-state index contributed by atoms with van der Waals surface area (Å²) in [7, 11) is 2.03. The Labute approximate surface area is 136 Å². The van der Waals surface area contributed by atoms with Gasteiger partial charge in [0.2, 0.25) is 0 Å². The SMILES string of the molecule is CCOc1ccc(C(NC)C2C(C)OC(C)C2C)cc1Br. The zero-order chi connectivity index (χ0) is 15.6. The van der Waals surface area contributed by atoms with E-state index in [1.807, 2.05) is 20.0 Å². The lowest BCUT2D eigenvalue weighted by Crippen LogP contribution is -2.33. The molecule has 5 atom stereocenters. The number of benzene rings is 1. The molecule has 0 spiro atoms. The van der Waals surface area contributed by atoms with Gasteiger partial charge < -0.3 is 14.8 Å². The molecule has 118 valence electrons. The molecule has 1 saturated heterocycles. The maximum atomic E-state index is 6.01. The quantitative estimate of drug-likeness (QED) is 0.859. The zero-order valence-corrected chi connectivity index (χ0v) is 15.1. The van der Waals surface area contributed by atoms with Crippen molar-refractivity contribution in [3.05, 3.63) is 28.2 Å². The van der Waals surface area contributed by atoms with E-state index >= 15 is 0 Å². The molecule has 5 unspecified atom stereocenters. The molecule has 1 aliphatic heterocycles. The molecule has 1 N–H and O–H groups in total. The van der Waals surface area contributed by atoms with E-state index in [9.17, 15) is 0 Å². The third-order valence-electron chi connectivity index (χ3n) is 4.63. The predicted molar refractivity (Wildman–Crippen MR) is 89.8 cm³/mol. The van der Waals surface area contributed by atoms with E-state index in [1.165, 1.54) is 5.56 Å². The number of hydrogen-bond acceptors (Lipinski definition) is 3. The molecule has 1 fully saturated rings. The highest BCUT2D eigenvalue weighted by Gasteiger charge is 2.41. The summed E-state index contributed by atoms with van der Waals surface area (Å²) < 4.78 is 12.6. The Bertz CT molecular complexity index is 480. The van der Waals surface area contributed by atoms with Crippen LogP contribution in [0.2, 0.25) is 0 Å². The van der Waals surface area contributed by atoms with Gasteiger partial charge in [-0.15, -0.1) is 0 Å². The molecule has 0 aliphatic carbocycles. The summed E-state index contributed by atoms with van der Waals surface area (Å²) in [4.78, 5) is 0. The Morgan fingerprint density at radius 2 is 2.00 bits per heavy atom. The topological polar surface area (TPSA) is 30.5 Å². The molecule has 21 heavy (non-hydrogen) atoms.